The van der Waals surface area contributed by atoms with Gasteiger partial charge in [-0.1, -0.05) is 20.8 Å². The molecule has 0 saturated carbocycles. The summed E-state index contributed by atoms with van der Waals surface area (Å²) in [5, 5.41) is 9.98. The average Bonchev–Trinajstić information content (AvgIpc) is 2.19. The van der Waals surface area contributed by atoms with Crippen LogP contribution in [0.2, 0.25) is 0 Å². The summed E-state index contributed by atoms with van der Waals surface area (Å²) in [6.07, 6.45) is 0. The second-order valence-electron chi connectivity index (χ2n) is 5.27. The summed E-state index contributed by atoms with van der Waals surface area (Å²) in [5.41, 5.74) is 1.97. The van der Waals surface area contributed by atoms with Gasteiger partial charge in [-0.25, -0.2) is 0 Å². The number of benzene rings is 1. The molecule has 1 aromatic rings. The van der Waals surface area contributed by atoms with E-state index >= 15 is 0 Å². The van der Waals surface area contributed by atoms with E-state index in [-0.39, 0.29) is 16.9 Å². The summed E-state index contributed by atoms with van der Waals surface area (Å²) < 4.78 is 5.04. The second-order valence-corrected chi connectivity index (χ2v) is 5.27. The molecule has 0 aliphatic rings. The summed E-state index contributed by atoms with van der Waals surface area (Å²) in [6.45, 7) is 7.97. The van der Waals surface area contributed by atoms with Crippen molar-refractivity contribution in [2.45, 2.75) is 39.7 Å². The summed E-state index contributed by atoms with van der Waals surface area (Å²) in [5.74, 6) is -0.0988. The van der Waals surface area contributed by atoms with Gasteiger partial charge in [0.05, 0.1) is 12.2 Å². The predicted octanol–water partition coefficient (Wildman–Crippen LogP) is 3.04. The molecule has 1 rings (SSSR count). The highest BCUT2D eigenvalue weighted by Gasteiger charge is 2.20. The fraction of sp³-hybridized carbons (Fsp3) is 0.500. The molecule has 1 N–H and O–H groups in total. The molecular formula is C14H20O3. The Bertz CT molecular complexity index is 428. The smallest absolute Gasteiger partial charge is 0.163 e. The molecule has 0 unspecified atom stereocenters. The maximum absolute atomic E-state index is 11.5. The molecule has 0 fully saturated rings. The number of carbonyl (C=O) groups is 1. The first-order valence-corrected chi connectivity index (χ1v) is 5.63. The fourth-order valence-electron chi connectivity index (χ4n) is 1.66. The lowest BCUT2D eigenvalue weighted by Gasteiger charge is -2.21. The monoisotopic (exact) mass is 236 g/mol. The molecule has 3 heteroatoms. The Morgan fingerprint density at radius 3 is 2.35 bits per heavy atom. The van der Waals surface area contributed by atoms with Gasteiger partial charge in [0.2, 0.25) is 0 Å². The highest BCUT2D eigenvalue weighted by molar-refractivity contribution is 5.97. The van der Waals surface area contributed by atoms with E-state index < -0.39 is 0 Å². The minimum Gasteiger partial charge on any atom is -0.507 e. The molecule has 0 spiro atoms. The molecule has 0 heterocycles. The minimum absolute atomic E-state index is 0.0346. The Morgan fingerprint density at radius 1 is 1.35 bits per heavy atom. The number of ether oxygens (including phenoxy) is 1. The predicted molar refractivity (Wildman–Crippen MR) is 67.5 cm³/mol. The molecular weight excluding hydrogens is 216 g/mol. The molecule has 1 aromatic carbocycles. The number of methoxy groups -OCH3 is 1. The summed E-state index contributed by atoms with van der Waals surface area (Å²) >= 11 is 0. The Kier molecular flexibility index (Phi) is 3.94. The van der Waals surface area contributed by atoms with Crippen molar-refractivity contribution in [2.75, 3.05) is 7.11 Å². The van der Waals surface area contributed by atoms with Crippen molar-refractivity contribution in [3.05, 3.63) is 28.8 Å². The molecule has 0 aromatic heterocycles. The molecule has 0 aliphatic carbocycles. The lowest BCUT2D eigenvalue weighted by atomic mass is 9.84. The van der Waals surface area contributed by atoms with E-state index in [0.717, 1.165) is 5.56 Å². The fourth-order valence-corrected chi connectivity index (χ4v) is 1.66. The third-order valence-electron chi connectivity index (χ3n) is 2.73. The molecule has 3 nitrogen and oxygen atoms in total. The van der Waals surface area contributed by atoms with Crippen LogP contribution in [0.4, 0.5) is 0 Å². The third kappa shape index (κ3) is 3.07. The molecule has 0 aliphatic heterocycles. The standard InChI is InChI=1S/C14H20O3/c1-9(15)12-7-11(14(2,3)4)6-10(8-17-5)13(12)16/h6-7,16H,8H2,1-5H3. The van der Waals surface area contributed by atoms with Crippen molar-refractivity contribution in [3.8, 4) is 5.75 Å². The quantitative estimate of drug-likeness (QED) is 0.820. The van der Waals surface area contributed by atoms with Gasteiger partial charge in [0.15, 0.2) is 5.78 Å². The van der Waals surface area contributed by atoms with Crippen LogP contribution in [-0.2, 0) is 16.8 Å². The van der Waals surface area contributed by atoms with Crippen LogP contribution in [0.3, 0.4) is 0 Å². The summed E-state index contributed by atoms with van der Waals surface area (Å²) in [7, 11) is 1.57. The van der Waals surface area contributed by atoms with Gasteiger partial charge in [-0.3, -0.25) is 4.79 Å². The van der Waals surface area contributed by atoms with Crippen LogP contribution < -0.4 is 0 Å². The van der Waals surface area contributed by atoms with E-state index in [0.29, 0.717) is 17.7 Å². The van der Waals surface area contributed by atoms with Crippen LogP contribution in [0.15, 0.2) is 12.1 Å². The number of hydrogen-bond donors (Lipinski definition) is 1. The highest BCUT2D eigenvalue weighted by atomic mass is 16.5. The van der Waals surface area contributed by atoms with Gasteiger partial charge in [0.1, 0.15) is 5.75 Å². The maximum Gasteiger partial charge on any atom is 0.163 e. The van der Waals surface area contributed by atoms with E-state index in [1.807, 2.05) is 6.07 Å². The molecule has 0 saturated heterocycles. The number of hydrogen-bond acceptors (Lipinski definition) is 3. The molecule has 17 heavy (non-hydrogen) atoms. The number of ketones is 1. The lowest BCUT2D eigenvalue weighted by Crippen LogP contribution is -2.13. The van der Waals surface area contributed by atoms with E-state index in [2.05, 4.69) is 20.8 Å². The van der Waals surface area contributed by atoms with E-state index in [4.69, 9.17) is 4.74 Å². The number of phenolic OH excluding ortho intramolecular Hbond substituents is 1. The van der Waals surface area contributed by atoms with E-state index in [1.54, 1.807) is 13.2 Å². The Labute approximate surface area is 102 Å². The van der Waals surface area contributed by atoms with Gasteiger partial charge < -0.3 is 9.84 Å². The Hall–Kier alpha value is -1.35. The number of carbonyl (C=O) groups excluding carboxylic acids is 1. The number of phenols is 1. The topological polar surface area (TPSA) is 46.5 Å². The average molecular weight is 236 g/mol. The third-order valence-corrected chi connectivity index (χ3v) is 2.73. The first-order chi connectivity index (χ1) is 7.77. The lowest BCUT2D eigenvalue weighted by molar-refractivity contribution is 0.101. The van der Waals surface area contributed by atoms with Gasteiger partial charge in [-0.05, 0) is 30.0 Å². The molecule has 0 radical (unpaired) electrons. The van der Waals surface area contributed by atoms with E-state index in [1.165, 1.54) is 6.92 Å². The second kappa shape index (κ2) is 4.88. The largest absolute Gasteiger partial charge is 0.507 e. The minimum atomic E-state index is -0.133. The number of Topliss-reactive ketones (excluding diaryl/α,β-unsaturated/α-hetero) is 1. The van der Waals surface area contributed by atoms with Crippen molar-refractivity contribution in [1.82, 2.24) is 0 Å². The first-order valence-electron chi connectivity index (χ1n) is 5.63. The number of aromatic hydroxyl groups is 1. The normalized spacial score (nSPS) is 11.6. The zero-order valence-corrected chi connectivity index (χ0v) is 11.1. The van der Waals surface area contributed by atoms with Crippen LogP contribution in [0.25, 0.3) is 0 Å². The zero-order valence-electron chi connectivity index (χ0n) is 11.1. The van der Waals surface area contributed by atoms with E-state index in [9.17, 15) is 9.90 Å². The van der Waals surface area contributed by atoms with Crippen LogP contribution in [0, 0.1) is 0 Å². The maximum atomic E-state index is 11.5. The SMILES string of the molecule is COCc1cc(C(C)(C)C)cc(C(C)=O)c1O. The molecule has 0 bridgehead atoms. The van der Waals surface area contributed by atoms with Crippen molar-refractivity contribution < 1.29 is 14.6 Å². The van der Waals surface area contributed by atoms with Crippen molar-refractivity contribution in [1.29, 1.82) is 0 Å². The Balaban J connectivity index is 3.42. The number of rotatable bonds is 3. The molecule has 0 amide bonds. The van der Waals surface area contributed by atoms with Crippen LogP contribution in [-0.4, -0.2) is 18.0 Å². The first kappa shape index (κ1) is 13.7. The Morgan fingerprint density at radius 2 is 1.94 bits per heavy atom. The summed E-state index contributed by atoms with van der Waals surface area (Å²) in [6, 6.07) is 3.65. The van der Waals surface area contributed by atoms with Gasteiger partial charge in [-0.15, -0.1) is 0 Å². The highest BCUT2D eigenvalue weighted by Crippen LogP contribution is 2.31. The van der Waals surface area contributed by atoms with Crippen molar-refractivity contribution in [2.24, 2.45) is 0 Å². The van der Waals surface area contributed by atoms with Crippen LogP contribution >= 0.6 is 0 Å². The molecule has 0 atom stereocenters. The van der Waals surface area contributed by atoms with Crippen LogP contribution in [0.5, 0.6) is 5.75 Å². The van der Waals surface area contributed by atoms with Crippen LogP contribution in [0.1, 0.15) is 49.2 Å². The molecule has 94 valence electrons. The van der Waals surface area contributed by atoms with Gasteiger partial charge in [0.25, 0.3) is 0 Å². The summed E-state index contributed by atoms with van der Waals surface area (Å²) in [4.78, 5) is 11.5. The van der Waals surface area contributed by atoms with Crippen molar-refractivity contribution in [3.63, 3.8) is 0 Å². The van der Waals surface area contributed by atoms with Gasteiger partial charge >= 0.3 is 0 Å². The zero-order chi connectivity index (χ0) is 13.2. The van der Waals surface area contributed by atoms with Gasteiger partial charge in [0, 0.05) is 12.7 Å². The van der Waals surface area contributed by atoms with Gasteiger partial charge in [-0.2, -0.15) is 0 Å². The van der Waals surface area contributed by atoms with Crippen molar-refractivity contribution >= 4 is 5.78 Å².